The minimum atomic E-state index is 0.228. The van der Waals surface area contributed by atoms with Crippen molar-refractivity contribution in [1.82, 2.24) is 10.2 Å². The van der Waals surface area contributed by atoms with E-state index in [0.717, 1.165) is 37.7 Å². The molecule has 0 radical (unpaired) electrons. The maximum atomic E-state index is 5.97. The molecule has 0 aromatic heterocycles. The van der Waals surface area contributed by atoms with Gasteiger partial charge in [0.2, 0.25) is 0 Å². The summed E-state index contributed by atoms with van der Waals surface area (Å²) in [5.74, 6) is 1.78. The lowest BCUT2D eigenvalue weighted by Crippen LogP contribution is -2.45. The van der Waals surface area contributed by atoms with Gasteiger partial charge < -0.3 is 14.8 Å². The SMILES string of the molecule is COc1ccc(C(c2ccc(OCc3ccccc3)cc2)N2CCNCC2)cc1. The number of rotatable bonds is 7. The highest BCUT2D eigenvalue weighted by atomic mass is 16.5. The molecule has 1 atom stereocenters. The standard InChI is InChI=1S/C25H28N2O2/c1-28-23-11-7-21(8-12-23)25(27-17-15-26-16-18-27)22-9-13-24(14-10-22)29-19-20-5-3-2-4-6-20/h2-14,25-26H,15-19H2,1H3. The Morgan fingerprint density at radius 3 is 1.97 bits per heavy atom. The number of hydrogen-bond acceptors (Lipinski definition) is 4. The molecule has 1 fully saturated rings. The molecule has 1 saturated heterocycles. The number of nitrogens with zero attached hydrogens (tertiary/aromatic N) is 1. The molecule has 0 amide bonds. The Kier molecular flexibility index (Phi) is 6.45. The van der Waals surface area contributed by atoms with Crippen LogP contribution in [0.4, 0.5) is 0 Å². The van der Waals surface area contributed by atoms with E-state index >= 15 is 0 Å². The van der Waals surface area contributed by atoms with Crippen molar-refractivity contribution < 1.29 is 9.47 Å². The molecule has 29 heavy (non-hydrogen) atoms. The van der Waals surface area contributed by atoms with Gasteiger partial charge >= 0.3 is 0 Å². The molecular formula is C25H28N2O2. The summed E-state index contributed by atoms with van der Waals surface area (Å²) in [5, 5.41) is 3.45. The van der Waals surface area contributed by atoms with Crippen LogP contribution in [0.2, 0.25) is 0 Å². The number of ether oxygens (including phenoxy) is 2. The minimum Gasteiger partial charge on any atom is -0.497 e. The van der Waals surface area contributed by atoms with Crippen molar-refractivity contribution >= 4 is 0 Å². The van der Waals surface area contributed by atoms with Crippen LogP contribution < -0.4 is 14.8 Å². The van der Waals surface area contributed by atoms with Gasteiger partial charge in [-0.15, -0.1) is 0 Å². The molecule has 150 valence electrons. The first-order valence-electron chi connectivity index (χ1n) is 10.2. The van der Waals surface area contributed by atoms with Gasteiger partial charge in [-0.3, -0.25) is 4.90 Å². The van der Waals surface area contributed by atoms with Gasteiger partial charge in [0.15, 0.2) is 0 Å². The molecule has 0 bridgehead atoms. The van der Waals surface area contributed by atoms with E-state index in [1.165, 1.54) is 16.7 Å². The fourth-order valence-electron chi connectivity index (χ4n) is 3.83. The first kappa shape index (κ1) is 19.5. The van der Waals surface area contributed by atoms with Gasteiger partial charge in [-0.1, -0.05) is 54.6 Å². The van der Waals surface area contributed by atoms with Gasteiger partial charge in [-0.2, -0.15) is 0 Å². The molecule has 1 N–H and O–H groups in total. The Labute approximate surface area is 173 Å². The molecule has 1 unspecified atom stereocenters. The van der Waals surface area contributed by atoms with E-state index in [0.29, 0.717) is 6.61 Å². The van der Waals surface area contributed by atoms with E-state index in [9.17, 15) is 0 Å². The number of nitrogens with one attached hydrogen (secondary N) is 1. The Morgan fingerprint density at radius 1 is 0.793 bits per heavy atom. The maximum Gasteiger partial charge on any atom is 0.119 e. The van der Waals surface area contributed by atoms with Gasteiger partial charge in [0.25, 0.3) is 0 Å². The summed E-state index contributed by atoms with van der Waals surface area (Å²) in [7, 11) is 1.71. The third kappa shape index (κ3) is 4.97. The molecule has 1 aliphatic heterocycles. The van der Waals surface area contributed by atoms with E-state index in [4.69, 9.17) is 9.47 Å². The van der Waals surface area contributed by atoms with Gasteiger partial charge in [0.05, 0.1) is 13.2 Å². The molecule has 1 aliphatic rings. The largest absolute Gasteiger partial charge is 0.497 e. The quantitative estimate of drug-likeness (QED) is 0.655. The molecule has 3 aromatic rings. The molecule has 4 heteroatoms. The van der Waals surface area contributed by atoms with E-state index in [-0.39, 0.29) is 6.04 Å². The highest BCUT2D eigenvalue weighted by molar-refractivity contribution is 5.38. The van der Waals surface area contributed by atoms with E-state index < -0.39 is 0 Å². The van der Waals surface area contributed by atoms with Crippen molar-refractivity contribution in [1.29, 1.82) is 0 Å². The van der Waals surface area contributed by atoms with Crippen LogP contribution in [0.1, 0.15) is 22.7 Å². The summed E-state index contributed by atoms with van der Waals surface area (Å²) >= 11 is 0. The third-order valence-corrected chi connectivity index (χ3v) is 5.39. The topological polar surface area (TPSA) is 33.7 Å². The van der Waals surface area contributed by atoms with Crippen LogP contribution in [0.25, 0.3) is 0 Å². The lowest BCUT2D eigenvalue weighted by atomic mass is 9.96. The second kappa shape index (κ2) is 9.59. The van der Waals surface area contributed by atoms with Crippen molar-refractivity contribution in [3.63, 3.8) is 0 Å². The van der Waals surface area contributed by atoms with Crippen LogP contribution in [0.15, 0.2) is 78.9 Å². The van der Waals surface area contributed by atoms with Gasteiger partial charge in [-0.25, -0.2) is 0 Å². The van der Waals surface area contributed by atoms with Crippen molar-refractivity contribution in [2.24, 2.45) is 0 Å². The molecular weight excluding hydrogens is 360 g/mol. The molecule has 4 nitrogen and oxygen atoms in total. The van der Waals surface area contributed by atoms with Crippen molar-refractivity contribution in [3.05, 3.63) is 95.6 Å². The first-order chi connectivity index (χ1) is 14.3. The van der Waals surface area contributed by atoms with Gasteiger partial charge in [0.1, 0.15) is 18.1 Å². The van der Waals surface area contributed by atoms with Crippen molar-refractivity contribution in [3.8, 4) is 11.5 Å². The molecule has 0 spiro atoms. The lowest BCUT2D eigenvalue weighted by molar-refractivity contribution is 0.198. The summed E-state index contributed by atoms with van der Waals surface area (Å²) in [6.45, 7) is 4.68. The van der Waals surface area contributed by atoms with Crippen molar-refractivity contribution in [2.45, 2.75) is 12.6 Å². The summed E-state index contributed by atoms with van der Waals surface area (Å²) in [4.78, 5) is 2.54. The zero-order valence-corrected chi connectivity index (χ0v) is 16.9. The van der Waals surface area contributed by atoms with Crippen LogP contribution >= 0.6 is 0 Å². The first-order valence-corrected chi connectivity index (χ1v) is 10.2. The van der Waals surface area contributed by atoms with Crippen LogP contribution in [-0.4, -0.2) is 38.2 Å². The monoisotopic (exact) mass is 388 g/mol. The van der Waals surface area contributed by atoms with Crippen LogP contribution in [0.5, 0.6) is 11.5 Å². The Morgan fingerprint density at radius 2 is 1.38 bits per heavy atom. The summed E-state index contributed by atoms with van der Waals surface area (Å²) in [6.07, 6.45) is 0. The predicted octanol–water partition coefficient (Wildman–Crippen LogP) is 4.27. The maximum absolute atomic E-state index is 5.97. The summed E-state index contributed by atoms with van der Waals surface area (Å²) in [5.41, 5.74) is 3.74. The summed E-state index contributed by atoms with van der Waals surface area (Å²) < 4.78 is 11.3. The average molecular weight is 389 g/mol. The van der Waals surface area contributed by atoms with Gasteiger partial charge in [-0.05, 0) is 41.0 Å². The second-order valence-corrected chi connectivity index (χ2v) is 7.30. The number of methoxy groups -OCH3 is 1. The predicted molar refractivity (Wildman–Crippen MR) is 116 cm³/mol. The fraction of sp³-hybridized carbons (Fsp3) is 0.280. The Bertz CT molecular complexity index is 873. The zero-order chi connectivity index (χ0) is 19.9. The second-order valence-electron chi connectivity index (χ2n) is 7.30. The molecule has 1 heterocycles. The highest BCUT2D eigenvalue weighted by Crippen LogP contribution is 2.31. The van der Waals surface area contributed by atoms with Crippen molar-refractivity contribution in [2.75, 3.05) is 33.3 Å². The Hall–Kier alpha value is -2.82. The smallest absolute Gasteiger partial charge is 0.119 e. The molecule has 0 saturated carbocycles. The minimum absolute atomic E-state index is 0.228. The normalized spacial score (nSPS) is 15.6. The molecule has 4 rings (SSSR count). The average Bonchev–Trinajstić information content (AvgIpc) is 2.81. The summed E-state index contributed by atoms with van der Waals surface area (Å²) in [6, 6.07) is 27.5. The Balaban J connectivity index is 1.53. The fourth-order valence-corrected chi connectivity index (χ4v) is 3.83. The van der Waals surface area contributed by atoms with Gasteiger partial charge in [0, 0.05) is 26.2 Å². The lowest BCUT2D eigenvalue weighted by Gasteiger charge is -2.35. The third-order valence-electron chi connectivity index (χ3n) is 5.39. The number of piperazine rings is 1. The van der Waals surface area contributed by atoms with Crippen LogP contribution in [-0.2, 0) is 6.61 Å². The zero-order valence-electron chi connectivity index (χ0n) is 16.9. The number of hydrogen-bond donors (Lipinski definition) is 1. The molecule has 0 aliphatic carbocycles. The van der Waals surface area contributed by atoms with Crippen LogP contribution in [0, 0.1) is 0 Å². The van der Waals surface area contributed by atoms with Crippen LogP contribution in [0.3, 0.4) is 0 Å². The molecule has 3 aromatic carbocycles. The van der Waals surface area contributed by atoms with E-state index in [1.807, 2.05) is 30.3 Å². The number of benzene rings is 3. The van der Waals surface area contributed by atoms with E-state index in [1.54, 1.807) is 7.11 Å². The highest BCUT2D eigenvalue weighted by Gasteiger charge is 2.24. The van der Waals surface area contributed by atoms with E-state index in [2.05, 4.69) is 58.7 Å².